The van der Waals surface area contributed by atoms with Crippen LogP contribution in [0.15, 0.2) is 48.5 Å². The molecule has 0 radical (unpaired) electrons. The van der Waals surface area contributed by atoms with E-state index in [4.69, 9.17) is 16.3 Å². The summed E-state index contributed by atoms with van der Waals surface area (Å²) in [6.07, 6.45) is 2.51. The van der Waals surface area contributed by atoms with Crippen molar-refractivity contribution in [1.82, 2.24) is 0 Å². The number of halogens is 1. The molecule has 1 saturated heterocycles. The number of hydrogen-bond donors (Lipinski definition) is 1. The normalized spacial score (nSPS) is 15.0. The van der Waals surface area contributed by atoms with Gasteiger partial charge >= 0.3 is 0 Å². The van der Waals surface area contributed by atoms with E-state index in [1.54, 1.807) is 24.3 Å². The lowest BCUT2D eigenvalue weighted by Gasteiger charge is -2.19. The Bertz CT molecular complexity index is 712. The van der Waals surface area contributed by atoms with Crippen LogP contribution in [0.3, 0.4) is 0 Å². The molecule has 25 heavy (non-hydrogen) atoms. The molecule has 3 rings (SSSR count). The van der Waals surface area contributed by atoms with Gasteiger partial charge in [0.15, 0.2) is 6.10 Å². The molecule has 1 N–H and O–H groups in total. The van der Waals surface area contributed by atoms with Crippen molar-refractivity contribution in [3.05, 3.63) is 53.6 Å². The molecule has 1 aliphatic rings. The van der Waals surface area contributed by atoms with Gasteiger partial charge in [0, 0.05) is 29.5 Å². The second-order valence-electron chi connectivity index (χ2n) is 6.20. The summed E-state index contributed by atoms with van der Waals surface area (Å²) >= 11 is 5.96. The smallest absolute Gasteiger partial charge is 0.265 e. The Morgan fingerprint density at radius 2 is 1.92 bits per heavy atom. The number of benzene rings is 2. The van der Waals surface area contributed by atoms with Crippen LogP contribution in [0, 0.1) is 0 Å². The van der Waals surface area contributed by atoms with Crippen LogP contribution in [-0.4, -0.2) is 25.1 Å². The third-order valence-electron chi connectivity index (χ3n) is 4.34. The molecule has 0 saturated carbocycles. The van der Waals surface area contributed by atoms with Crippen LogP contribution in [0.1, 0.15) is 26.2 Å². The number of nitrogens with zero attached hydrogens (tertiary/aromatic N) is 1. The molecule has 0 unspecified atom stereocenters. The molecule has 1 atom stereocenters. The summed E-state index contributed by atoms with van der Waals surface area (Å²) in [6.45, 7) is 4.14. The largest absolute Gasteiger partial charge is 0.481 e. The topological polar surface area (TPSA) is 41.6 Å². The molecule has 0 bridgehead atoms. The molecule has 0 aromatic heterocycles. The van der Waals surface area contributed by atoms with Gasteiger partial charge in [0.05, 0.1) is 0 Å². The number of hydrogen-bond acceptors (Lipinski definition) is 3. The van der Waals surface area contributed by atoms with Crippen LogP contribution in [0.5, 0.6) is 5.75 Å². The molecule has 132 valence electrons. The summed E-state index contributed by atoms with van der Waals surface area (Å²) < 4.78 is 5.78. The lowest BCUT2D eigenvalue weighted by atomic mass is 10.2. The minimum Gasteiger partial charge on any atom is -0.481 e. The molecule has 1 heterocycles. The van der Waals surface area contributed by atoms with Gasteiger partial charge in [-0.3, -0.25) is 4.79 Å². The fourth-order valence-corrected chi connectivity index (χ4v) is 3.16. The second kappa shape index (κ2) is 8.26. The number of carbonyl (C=O) groups is 1. The van der Waals surface area contributed by atoms with Crippen LogP contribution in [0.4, 0.5) is 11.4 Å². The highest BCUT2D eigenvalue weighted by atomic mass is 35.5. The Morgan fingerprint density at radius 1 is 1.20 bits per heavy atom. The monoisotopic (exact) mass is 358 g/mol. The van der Waals surface area contributed by atoms with E-state index in [1.807, 2.05) is 19.1 Å². The van der Waals surface area contributed by atoms with Gasteiger partial charge in [-0.05, 0) is 61.7 Å². The van der Waals surface area contributed by atoms with Crippen LogP contribution in [0.2, 0.25) is 5.02 Å². The highest BCUT2D eigenvalue weighted by Gasteiger charge is 2.19. The minimum absolute atomic E-state index is 0.156. The van der Waals surface area contributed by atoms with Crippen molar-refractivity contribution in [2.45, 2.75) is 32.3 Å². The van der Waals surface area contributed by atoms with E-state index in [0.29, 0.717) is 17.2 Å². The van der Waals surface area contributed by atoms with Crippen molar-refractivity contribution in [2.24, 2.45) is 0 Å². The molecule has 5 heteroatoms. The van der Waals surface area contributed by atoms with Gasteiger partial charge in [-0.2, -0.15) is 0 Å². The number of ether oxygens (including phenoxy) is 1. The zero-order chi connectivity index (χ0) is 17.6. The quantitative estimate of drug-likeness (QED) is 0.811. The molecule has 1 aliphatic heterocycles. The number of anilines is 2. The highest BCUT2D eigenvalue weighted by molar-refractivity contribution is 6.30. The zero-order valence-electron chi connectivity index (χ0n) is 14.4. The van der Waals surface area contributed by atoms with Crippen LogP contribution < -0.4 is 15.0 Å². The van der Waals surface area contributed by atoms with Crippen molar-refractivity contribution in [2.75, 3.05) is 23.3 Å². The first kappa shape index (κ1) is 17.6. The molecular weight excluding hydrogens is 336 g/mol. The Hall–Kier alpha value is -2.20. The lowest BCUT2D eigenvalue weighted by molar-refractivity contribution is -0.122. The first-order valence-corrected chi connectivity index (χ1v) is 9.11. The number of amides is 1. The summed E-state index contributed by atoms with van der Waals surface area (Å²) in [4.78, 5) is 14.9. The van der Waals surface area contributed by atoms with E-state index in [9.17, 15) is 4.79 Å². The summed E-state index contributed by atoms with van der Waals surface area (Å²) in [5.41, 5.74) is 1.99. The molecule has 0 aliphatic carbocycles. The van der Waals surface area contributed by atoms with Crippen LogP contribution in [-0.2, 0) is 4.79 Å². The van der Waals surface area contributed by atoms with E-state index in [-0.39, 0.29) is 5.91 Å². The Morgan fingerprint density at radius 3 is 2.56 bits per heavy atom. The van der Waals surface area contributed by atoms with E-state index >= 15 is 0 Å². The minimum atomic E-state index is -0.559. The number of nitrogens with one attached hydrogen (secondary N) is 1. The molecule has 4 nitrogen and oxygen atoms in total. The summed E-state index contributed by atoms with van der Waals surface area (Å²) in [5.74, 6) is 0.440. The standard InChI is InChI=1S/C20H23ClN2O2/c1-2-19(25-18-7-5-6-15(21)14-18)20(24)22-16-8-10-17(11-9-16)23-12-3-4-13-23/h5-11,14,19H,2-4,12-13H2,1H3,(H,22,24)/t19-/m1/s1. The highest BCUT2D eigenvalue weighted by Crippen LogP contribution is 2.23. The Kier molecular flexibility index (Phi) is 5.82. The third-order valence-corrected chi connectivity index (χ3v) is 4.58. The molecule has 0 spiro atoms. The maximum Gasteiger partial charge on any atom is 0.265 e. The predicted octanol–water partition coefficient (Wildman–Crippen LogP) is 4.74. The molecular formula is C20H23ClN2O2. The Balaban J connectivity index is 1.61. The summed E-state index contributed by atoms with van der Waals surface area (Å²) in [5, 5.41) is 3.52. The Labute approximate surface area is 153 Å². The van der Waals surface area contributed by atoms with Crippen molar-refractivity contribution in [3.63, 3.8) is 0 Å². The van der Waals surface area contributed by atoms with Gasteiger partial charge in [0.25, 0.3) is 5.91 Å². The van der Waals surface area contributed by atoms with Crippen molar-refractivity contribution in [1.29, 1.82) is 0 Å². The SMILES string of the molecule is CC[C@@H](Oc1cccc(Cl)c1)C(=O)Nc1ccc(N2CCCC2)cc1. The van der Waals surface area contributed by atoms with Crippen LogP contribution >= 0.6 is 11.6 Å². The van der Waals surface area contributed by atoms with E-state index in [1.165, 1.54) is 18.5 Å². The predicted molar refractivity (Wildman–Crippen MR) is 103 cm³/mol. The lowest BCUT2D eigenvalue weighted by Crippen LogP contribution is -2.32. The number of carbonyl (C=O) groups excluding carboxylic acids is 1. The fourth-order valence-electron chi connectivity index (χ4n) is 2.98. The van der Waals surface area contributed by atoms with Crippen molar-refractivity contribution < 1.29 is 9.53 Å². The zero-order valence-corrected chi connectivity index (χ0v) is 15.1. The van der Waals surface area contributed by atoms with Gasteiger partial charge in [-0.25, -0.2) is 0 Å². The first-order chi connectivity index (χ1) is 12.2. The summed E-state index contributed by atoms with van der Waals surface area (Å²) in [6, 6.07) is 15.1. The van der Waals surface area contributed by atoms with E-state index < -0.39 is 6.10 Å². The average molecular weight is 359 g/mol. The molecule has 1 fully saturated rings. The first-order valence-electron chi connectivity index (χ1n) is 8.74. The van der Waals surface area contributed by atoms with Crippen molar-refractivity contribution >= 4 is 28.9 Å². The molecule has 2 aromatic carbocycles. The fraction of sp³-hybridized carbons (Fsp3) is 0.350. The maximum absolute atomic E-state index is 12.5. The van der Waals surface area contributed by atoms with Crippen molar-refractivity contribution in [3.8, 4) is 5.75 Å². The van der Waals surface area contributed by atoms with Gasteiger partial charge < -0.3 is 15.0 Å². The van der Waals surface area contributed by atoms with Gasteiger partial charge in [0.1, 0.15) is 5.75 Å². The van der Waals surface area contributed by atoms with Gasteiger partial charge in [-0.15, -0.1) is 0 Å². The maximum atomic E-state index is 12.5. The van der Waals surface area contributed by atoms with Crippen LogP contribution in [0.25, 0.3) is 0 Å². The van der Waals surface area contributed by atoms with Gasteiger partial charge in [-0.1, -0.05) is 24.6 Å². The second-order valence-corrected chi connectivity index (χ2v) is 6.64. The van der Waals surface area contributed by atoms with Gasteiger partial charge in [0.2, 0.25) is 0 Å². The third kappa shape index (κ3) is 4.67. The van der Waals surface area contributed by atoms with E-state index in [2.05, 4.69) is 22.3 Å². The molecule has 1 amide bonds. The van der Waals surface area contributed by atoms with E-state index in [0.717, 1.165) is 18.8 Å². The summed E-state index contributed by atoms with van der Waals surface area (Å²) in [7, 11) is 0. The average Bonchev–Trinajstić information content (AvgIpc) is 3.15. The number of rotatable bonds is 6. The molecule has 2 aromatic rings.